The molecule has 0 atom stereocenters. The zero-order valence-corrected chi connectivity index (χ0v) is 12.8. The summed E-state index contributed by atoms with van der Waals surface area (Å²) in [6, 6.07) is 6.50. The molecule has 0 aliphatic heterocycles. The van der Waals surface area contributed by atoms with Crippen LogP contribution < -0.4 is 10.1 Å². The van der Waals surface area contributed by atoms with Gasteiger partial charge in [0.15, 0.2) is 0 Å². The van der Waals surface area contributed by atoms with E-state index in [1.54, 1.807) is 7.11 Å². The van der Waals surface area contributed by atoms with Crippen LogP contribution in [0, 0.1) is 11.8 Å². The molecule has 0 aromatic heterocycles. The summed E-state index contributed by atoms with van der Waals surface area (Å²) in [6.07, 6.45) is 5.18. The predicted octanol–water partition coefficient (Wildman–Crippen LogP) is 4.98. The zero-order chi connectivity index (χ0) is 13.8. The highest BCUT2D eigenvalue weighted by Gasteiger charge is 2.23. The van der Waals surface area contributed by atoms with Gasteiger partial charge in [-0.1, -0.05) is 25.4 Å². The van der Waals surface area contributed by atoms with Crippen LogP contribution in [0.3, 0.4) is 0 Å². The van der Waals surface area contributed by atoms with Crippen LogP contribution in [0.1, 0.15) is 39.5 Å². The van der Waals surface area contributed by atoms with Crippen LogP contribution in [0.5, 0.6) is 5.75 Å². The molecule has 1 aliphatic rings. The van der Waals surface area contributed by atoms with E-state index in [0.717, 1.165) is 23.3 Å². The number of nitrogens with one attached hydrogen (secondary N) is 1. The van der Waals surface area contributed by atoms with Crippen LogP contribution in [-0.4, -0.2) is 13.2 Å². The molecule has 1 fully saturated rings. The topological polar surface area (TPSA) is 21.3 Å². The highest BCUT2D eigenvalue weighted by Crippen LogP contribution is 2.33. The molecule has 19 heavy (non-hydrogen) atoms. The number of hydrogen-bond acceptors (Lipinski definition) is 2. The highest BCUT2D eigenvalue weighted by molar-refractivity contribution is 6.32. The van der Waals surface area contributed by atoms with Crippen molar-refractivity contribution >= 4 is 17.3 Å². The minimum atomic E-state index is 0.583. The maximum absolute atomic E-state index is 6.15. The van der Waals surface area contributed by atoms with Crippen molar-refractivity contribution in [1.82, 2.24) is 0 Å². The molecule has 0 saturated heterocycles. The van der Waals surface area contributed by atoms with Gasteiger partial charge in [0.1, 0.15) is 5.75 Å². The number of benzene rings is 1. The molecule has 1 saturated carbocycles. The minimum Gasteiger partial charge on any atom is -0.495 e. The Morgan fingerprint density at radius 3 is 2.42 bits per heavy atom. The van der Waals surface area contributed by atoms with Gasteiger partial charge in [-0.25, -0.2) is 0 Å². The molecule has 0 bridgehead atoms. The van der Waals surface area contributed by atoms with E-state index >= 15 is 0 Å². The lowest BCUT2D eigenvalue weighted by Crippen LogP contribution is -2.27. The monoisotopic (exact) mass is 281 g/mol. The van der Waals surface area contributed by atoms with Gasteiger partial charge in [-0.3, -0.25) is 0 Å². The number of ether oxygens (including phenoxy) is 1. The van der Waals surface area contributed by atoms with E-state index in [4.69, 9.17) is 16.3 Å². The molecule has 1 N–H and O–H groups in total. The fourth-order valence-electron chi connectivity index (χ4n) is 2.92. The first-order valence-electron chi connectivity index (χ1n) is 7.20. The van der Waals surface area contributed by atoms with Gasteiger partial charge in [-0.2, -0.15) is 0 Å². The van der Waals surface area contributed by atoms with Gasteiger partial charge in [0.05, 0.1) is 12.1 Å². The maximum atomic E-state index is 6.15. The predicted molar refractivity (Wildman–Crippen MR) is 82.2 cm³/mol. The van der Waals surface area contributed by atoms with Crippen LogP contribution in [0.25, 0.3) is 0 Å². The summed E-state index contributed by atoms with van der Waals surface area (Å²) in [5.41, 5.74) is 1.10. The molecule has 0 heterocycles. The van der Waals surface area contributed by atoms with Crippen molar-refractivity contribution in [3.8, 4) is 5.75 Å². The van der Waals surface area contributed by atoms with Crippen LogP contribution in [0.2, 0.25) is 5.02 Å². The number of methoxy groups -OCH3 is 1. The molecule has 106 valence electrons. The molecule has 1 aliphatic carbocycles. The van der Waals surface area contributed by atoms with Crippen molar-refractivity contribution in [1.29, 1.82) is 0 Å². The van der Waals surface area contributed by atoms with Gasteiger partial charge in [-0.15, -0.1) is 0 Å². The lowest BCUT2D eigenvalue weighted by atomic mass is 9.79. The average Bonchev–Trinajstić information content (AvgIpc) is 2.39. The van der Waals surface area contributed by atoms with Crippen LogP contribution in [0.15, 0.2) is 18.2 Å². The first kappa shape index (κ1) is 14.5. The van der Waals surface area contributed by atoms with E-state index in [0.29, 0.717) is 11.1 Å². The fraction of sp³-hybridized carbons (Fsp3) is 0.625. The van der Waals surface area contributed by atoms with Gasteiger partial charge < -0.3 is 10.1 Å². The number of halogens is 1. The molecule has 3 heteroatoms. The molecule has 0 amide bonds. The third kappa shape index (κ3) is 3.79. The Morgan fingerprint density at radius 2 is 1.89 bits per heavy atom. The third-order valence-electron chi connectivity index (χ3n) is 4.24. The SMILES string of the molecule is COc1ccc(NC2CCC(C(C)C)CC2)cc1Cl. The zero-order valence-electron chi connectivity index (χ0n) is 12.1. The molecule has 1 aromatic rings. The Bertz CT molecular complexity index is 411. The third-order valence-corrected chi connectivity index (χ3v) is 4.53. The fourth-order valence-corrected chi connectivity index (χ4v) is 3.18. The smallest absolute Gasteiger partial charge is 0.137 e. The second kappa shape index (κ2) is 6.51. The summed E-state index contributed by atoms with van der Waals surface area (Å²) >= 11 is 6.15. The van der Waals surface area contributed by atoms with Crippen molar-refractivity contribution in [2.75, 3.05) is 12.4 Å². The lowest BCUT2D eigenvalue weighted by Gasteiger charge is -2.31. The minimum absolute atomic E-state index is 0.583. The van der Waals surface area contributed by atoms with E-state index in [1.807, 2.05) is 18.2 Å². The van der Waals surface area contributed by atoms with E-state index in [9.17, 15) is 0 Å². The van der Waals surface area contributed by atoms with Gasteiger partial charge in [-0.05, 0) is 55.7 Å². The molecular formula is C16H24ClNO. The van der Waals surface area contributed by atoms with Gasteiger partial charge in [0, 0.05) is 11.7 Å². The number of hydrogen-bond donors (Lipinski definition) is 1. The van der Waals surface area contributed by atoms with E-state index in [-0.39, 0.29) is 0 Å². The van der Waals surface area contributed by atoms with Crippen molar-refractivity contribution < 1.29 is 4.74 Å². The summed E-state index contributed by atoms with van der Waals surface area (Å²) in [7, 11) is 1.64. The Morgan fingerprint density at radius 1 is 1.21 bits per heavy atom. The Labute approximate surface area is 121 Å². The second-order valence-corrected chi connectivity index (χ2v) is 6.26. The quantitative estimate of drug-likeness (QED) is 0.841. The molecule has 0 radical (unpaired) electrons. The molecule has 2 rings (SSSR count). The van der Waals surface area contributed by atoms with Gasteiger partial charge in [0.2, 0.25) is 0 Å². The normalized spacial score (nSPS) is 23.4. The summed E-state index contributed by atoms with van der Waals surface area (Å²) in [5, 5.41) is 4.26. The first-order chi connectivity index (χ1) is 9.10. The number of anilines is 1. The van der Waals surface area contributed by atoms with E-state index in [2.05, 4.69) is 19.2 Å². The van der Waals surface area contributed by atoms with Crippen molar-refractivity contribution in [2.45, 2.75) is 45.6 Å². The lowest BCUT2D eigenvalue weighted by molar-refractivity contribution is 0.267. The van der Waals surface area contributed by atoms with Crippen LogP contribution in [0.4, 0.5) is 5.69 Å². The van der Waals surface area contributed by atoms with Crippen LogP contribution >= 0.6 is 11.6 Å². The molecule has 1 aromatic carbocycles. The Hall–Kier alpha value is -0.890. The summed E-state index contributed by atoms with van der Waals surface area (Å²) in [4.78, 5) is 0. The van der Waals surface area contributed by atoms with E-state index in [1.165, 1.54) is 25.7 Å². The van der Waals surface area contributed by atoms with Crippen molar-refractivity contribution in [2.24, 2.45) is 11.8 Å². The summed E-state index contributed by atoms with van der Waals surface area (Å²) in [6.45, 7) is 4.67. The van der Waals surface area contributed by atoms with Gasteiger partial charge >= 0.3 is 0 Å². The molecular weight excluding hydrogens is 258 g/mol. The highest BCUT2D eigenvalue weighted by atomic mass is 35.5. The Balaban J connectivity index is 1.90. The molecule has 0 spiro atoms. The second-order valence-electron chi connectivity index (χ2n) is 5.85. The van der Waals surface area contributed by atoms with E-state index < -0.39 is 0 Å². The first-order valence-corrected chi connectivity index (χ1v) is 7.58. The molecule has 0 unspecified atom stereocenters. The largest absolute Gasteiger partial charge is 0.495 e. The average molecular weight is 282 g/mol. The summed E-state index contributed by atoms with van der Waals surface area (Å²) in [5.74, 6) is 2.45. The summed E-state index contributed by atoms with van der Waals surface area (Å²) < 4.78 is 5.17. The van der Waals surface area contributed by atoms with Gasteiger partial charge in [0.25, 0.3) is 0 Å². The Kier molecular flexibility index (Phi) is 4.98. The maximum Gasteiger partial charge on any atom is 0.137 e. The standard InChI is InChI=1S/C16H24ClNO/c1-11(2)12-4-6-13(7-5-12)18-14-8-9-16(19-3)15(17)10-14/h8-13,18H,4-7H2,1-3H3. The van der Waals surface area contributed by atoms with Crippen LogP contribution in [-0.2, 0) is 0 Å². The van der Waals surface area contributed by atoms with Crippen molar-refractivity contribution in [3.63, 3.8) is 0 Å². The molecule has 2 nitrogen and oxygen atoms in total. The van der Waals surface area contributed by atoms with Crippen molar-refractivity contribution in [3.05, 3.63) is 23.2 Å². The number of rotatable bonds is 4.